The van der Waals surface area contributed by atoms with Crippen LogP contribution in [-0.4, -0.2) is 48.1 Å². The van der Waals surface area contributed by atoms with E-state index in [-0.39, 0.29) is 25.0 Å². The van der Waals surface area contributed by atoms with Gasteiger partial charge in [-0.25, -0.2) is 0 Å². The summed E-state index contributed by atoms with van der Waals surface area (Å²) in [6.45, 7) is 5.48. The molecule has 2 N–H and O–H groups in total. The quantitative estimate of drug-likeness (QED) is 0.880. The second kappa shape index (κ2) is 7.40. The molecule has 22 heavy (non-hydrogen) atoms. The number of nitrogens with one attached hydrogen (secondary N) is 1. The monoisotopic (exact) mass is 304 g/mol. The highest BCUT2D eigenvalue weighted by Gasteiger charge is 2.22. The van der Waals surface area contributed by atoms with Crippen LogP contribution in [0.3, 0.4) is 0 Å². The van der Waals surface area contributed by atoms with Crippen LogP contribution in [0.1, 0.15) is 34.3 Å². The normalized spacial score (nSPS) is 15.7. The Kier molecular flexibility index (Phi) is 5.55. The summed E-state index contributed by atoms with van der Waals surface area (Å²) >= 11 is 0. The third kappa shape index (κ3) is 4.07. The fraction of sp³-hybridized carbons (Fsp3) is 0.529. The maximum absolute atomic E-state index is 12.1. The summed E-state index contributed by atoms with van der Waals surface area (Å²) in [6, 6.07) is 5.52. The zero-order valence-electron chi connectivity index (χ0n) is 13.3. The molecular weight excluding hydrogens is 280 g/mol. The van der Waals surface area contributed by atoms with E-state index in [1.807, 2.05) is 26.0 Å². The molecule has 1 aromatic carbocycles. The van der Waals surface area contributed by atoms with E-state index in [9.17, 15) is 9.59 Å². The van der Waals surface area contributed by atoms with Crippen LogP contribution in [0.2, 0.25) is 0 Å². The fourth-order valence-electron chi connectivity index (χ4n) is 2.62. The minimum Gasteiger partial charge on any atom is -0.396 e. The molecule has 5 nitrogen and oxygen atoms in total. The molecule has 0 bridgehead atoms. The fourth-order valence-corrected chi connectivity index (χ4v) is 2.62. The number of aliphatic hydroxyl groups is 1. The number of aliphatic hydroxyl groups excluding tert-OH is 1. The second-order valence-electron chi connectivity index (χ2n) is 5.99. The first-order valence-electron chi connectivity index (χ1n) is 7.75. The van der Waals surface area contributed by atoms with E-state index < -0.39 is 0 Å². The van der Waals surface area contributed by atoms with Crippen molar-refractivity contribution >= 4 is 11.8 Å². The molecular formula is C17H24N2O3. The van der Waals surface area contributed by atoms with Gasteiger partial charge in [0.05, 0.1) is 6.54 Å². The first-order valence-corrected chi connectivity index (χ1v) is 7.75. The number of nitrogens with zero attached hydrogens (tertiary/aromatic N) is 1. The van der Waals surface area contributed by atoms with Gasteiger partial charge in [-0.2, -0.15) is 0 Å². The molecule has 0 saturated carbocycles. The van der Waals surface area contributed by atoms with E-state index in [4.69, 9.17) is 5.11 Å². The summed E-state index contributed by atoms with van der Waals surface area (Å²) in [5, 5.41) is 11.8. The van der Waals surface area contributed by atoms with Crippen LogP contribution < -0.4 is 5.32 Å². The van der Waals surface area contributed by atoms with Crippen molar-refractivity contribution in [2.24, 2.45) is 5.92 Å². The van der Waals surface area contributed by atoms with Crippen molar-refractivity contribution in [3.8, 4) is 0 Å². The Balaban J connectivity index is 1.83. The molecule has 1 aliphatic heterocycles. The Morgan fingerprint density at radius 3 is 2.50 bits per heavy atom. The van der Waals surface area contributed by atoms with Crippen molar-refractivity contribution < 1.29 is 14.7 Å². The maximum atomic E-state index is 12.1. The Hall–Kier alpha value is -1.88. The lowest BCUT2D eigenvalue weighted by molar-refractivity contribution is -0.131. The van der Waals surface area contributed by atoms with Gasteiger partial charge in [-0.3, -0.25) is 9.59 Å². The van der Waals surface area contributed by atoms with Crippen molar-refractivity contribution in [2.45, 2.75) is 26.7 Å². The molecule has 5 heteroatoms. The second-order valence-corrected chi connectivity index (χ2v) is 5.99. The smallest absolute Gasteiger partial charge is 0.251 e. The van der Waals surface area contributed by atoms with Crippen LogP contribution in [0.5, 0.6) is 0 Å². The predicted octanol–water partition coefficient (Wildman–Crippen LogP) is 1.26. The van der Waals surface area contributed by atoms with Crippen LogP contribution in [0.15, 0.2) is 18.2 Å². The molecule has 0 aliphatic carbocycles. The average molecular weight is 304 g/mol. The Labute approximate surface area is 131 Å². The van der Waals surface area contributed by atoms with E-state index >= 15 is 0 Å². The number of carbonyl (C=O) groups is 2. The number of likely N-dealkylation sites (tertiary alicyclic amines) is 1. The lowest BCUT2D eigenvalue weighted by atomic mass is 9.98. The number of rotatable bonds is 4. The minimum absolute atomic E-state index is 0.0234. The van der Waals surface area contributed by atoms with Gasteiger partial charge in [-0.1, -0.05) is 6.07 Å². The van der Waals surface area contributed by atoms with Crippen molar-refractivity contribution in [3.05, 3.63) is 34.9 Å². The van der Waals surface area contributed by atoms with Crippen molar-refractivity contribution in [2.75, 3.05) is 26.2 Å². The van der Waals surface area contributed by atoms with Crippen LogP contribution in [-0.2, 0) is 4.79 Å². The molecule has 0 atom stereocenters. The lowest BCUT2D eigenvalue weighted by Crippen LogP contribution is -2.44. The summed E-state index contributed by atoms with van der Waals surface area (Å²) < 4.78 is 0. The molecule has 1 aromatic rings. The van der Waals surface area contributed by atoms with E-state index in [0.29, 0.717) is 24.6 Å². The summed E-state index contributed by atoms with van der Waals surface area (Å²) in [5.41, 5.74) is 2.78. The van der Waals surface area contributed by atoms with Gasteiger partial charge in [-0.05, 0) is 55.9 Å². The van der Waals surface area contributed by atoms with Crippen molar-refractivity contribution in [3.63, 3.8) is 0 Å². The van der Waals surface area contributed by atoms with E-state index in [0.717, 1.165) is 24.0 Å². The number of aryl methyl sites for hydroxylation is 2. The van der Waals surface area contributed by atoms with E-state index in [1.54, 1.807) is 11.0 Å². The highest BCUT2D eigenvalue weighted by atomic mass is 16.3. The van der Waals surface area contributed by atoms with E-state index in [2.05, 4.69) is 5.32 Å². The van der Waals surface area contributed by atoms with Gasteiger partial charge in [-0.15, -0.1) is 0 Å². The van der Waals surface area contributed by atoms with Crippen LogP contribution in [0.25, 0.3) is 0 Å². The third-order valence-electron chi connectivity index (χ3n) is 4.39. The Morgan fingerprint density at radius 2 is 1.91 bits per heavy atom. The van der Waals surface area contributed by atoms with Gasteiger partial charge in [0.1, 0.15) is 0 Å². The number of hydrogen-bond donors (Lipinski definition) is 2. The zero-order valence-corrected chi connectivity index (χ0v) is 13.3. The molecule has 1 heterocycles. The van der Waals surface area contributed by atoms with Crippen LogP contribution >= 0.6 is 0 Å². The first-order chi connectivity index (χ1) is 10.5. The molecule has 0 aromatic heterocycles. The van der Waals surface area contributed by atoms with Gasteiger partial charge < -0.3 is 15.3 Å². The standard InChI is InChI=1S/C17H24N2O3/c1-12-3-4-15(9-13(12)2)17(22)18-10-16(21)19-7-5-14(11-20)6-8-19/h3-4,9,14,20H,5-8,10-11H2,1-2H3,(H,18,22). The summed E-state index contributed by atoms with van der Waals surface area (Å²) in [5.74, 6) is 0.0180. The first kappa shape index (κ1) is 16.5. The molecule has 120 valence electrons. The SMILES string of the molecule is Cc1ccc(C(=O)NCC(=O)N2CCC(CO)CC2)cc1C. The number of hydrogen-bond acceptors (Lipinski definition) is 3. The molecule has 2 rings (SSSR count). The highest BCUT2D eigenvalue weighted by Crippen LogP contribution is 2.16. The number of piperidine rings is 1. The topological polar surface area (TPSA) is 69.6 Å². The van der Waals surface area contributed by atoms with Gasteiger partial charge in [0.25, 0.3) is 5.91 Å². The maximum Gasteiger partial charge on any atom is 0.251 e. The van der Waals surface area contributed by atoms with Crippen LogP contribution in [0, 0.1) is 19.8 Å². The highest BCUT2D eigenvalue weighted by molar-refractivity contribution is 5.96. The minimum atomic E-state index is -0.221. The summed E-state index contributed by atoms with van der Waals surface area (Å²) in [6.07, 6.45) is 1.65. The third-order valence-corrected chi connectivity index (χ3v) is 4.39. The Morgan fingerprint density at radius 1 is 1.23 bits per heavy atom. The zero-order chi connectivity index (χ0) is 16.1. The van der Waals surface area contributed by atoms with E-state index in [1.165, 1.54) is 0 Å². The predicted molar refractivity (Wildman–Crippen MR) is 84.6 cm³/mol. The average Bonchev–Trinajstić information content (AvgIpc) is 2.54. The van der Waals surface area contributed by atoms with Gasteiger partial charge in [0.15, 0.2) is 0 Å². The molecule has 1 saturated heterocycles. The number of benzene rings is 1. The molecule has 1 aliphatic rings. The van der Waals surface area contributed by atoms with Gasteiger partial charge >= 0.3 is 0 Å². The van der Waals surface area contributed by atoms with Gasteiger partial charge in [0, 0.05) is 25.3 Å². The van der Waals surface area contributed by atoms with Gasteiger partial charge in [0.2, 0.25) is 5.91 Å². The summed E-state index contributed by atoms with van der Waals surface area (Å²) in [7, 11) is 0. The van der Waals surface area contributed by atoms with Crippen molar-refractivity contribution in [1.82, 2.24) is 10.2 Å². The largest absolute Gasteiger partial charge is 0.396 e. The molecule has 0 radical (unpaired) electrons. The van der Waals surface area contributed by atoms with Crippen LogP contribution in [0.4, 0.5) is 0 Å². The lowest BCUT2D eigenvalue weighted by Gasteiger charge is -2.31. The number of amides is 2. The summed E-state index contributed by atoms with van der Waals surface area (Å²) in [4.78, 5) is 25.9. The molecule has 1 fully saturated rings. The number of carbonyl (C=O) groups excluding carboxylic acids is 2. The Bertz CT molecular complexity index is 549. The van der Waals surface area contributed by atoms with Crippen molar-refractivity contribution in [1.29, 1.82) is 0 Å². The molecule has 0 unspecified atom stereocenters. The molecule has 0 spiro atoms. The molecule has 2 amide bonds.